The van der Waals surface area contributed by atoms with Crippen LogP contribution in [0.15, 0.2) is 47.7 Å². The highest BCUT2D eigenvalue weighted by molar-refractivity contribution is 6.08. The SMILES string of the molecule is COc1cc(OC)cc(N2C(=O)CC(c3ccc(OC)cc3OC)C3=C2CC(C)(C)CC3=O)c1. The van der Waals surface area contributed by atoms with E-state index in [9.17, 15) is 9.59 Å². The molecule has 0 aromatic heterocycles. The fourth-order valence-electron chi connectivity index (χ4n) is 5.01. The van der Waals surface area contributed by atoms with Gasteiger partial charge in [-0.25, -0.2) is 0 Å². The van der Waals surface area contributed by atoms with Crippen molar-refractivity contribution in [3.8, 4) is 23.0 Å². The molecular weight excluding hydrogens is 434 g/mol. The Balaban J connectivity index is 1.92. The van der Waals surface area contributed by atoms with E-state index >= 15 is 0 Å². The molecule has 0 saturated heterocycles. The number of amides is 1. The molecule has 1 amide bonds. The van der Waals surface area contributed by atoms with Crippen LogP contribution in [-0.4, -0.2) is 40.1 Å². The third-order valence-electron chi connectivity index (χ3n) is 6.55. The Bertz CT molecular complexity index is 1140. The topological polar surface area (TPSA) is 74.3 Å². The molecule has 1 atom stereocenters. The zero-order valence-corrected chi connectivity index (χ0v) is 20.6. The van der Waals surface area contributed by atoms with E-state index < -0.39 is 5.92 Å². The minimum absolute atomic E-state index is 0.0569. The molecule has 2 aromatic carbocycles. The molecule has 7 nitrogen and oxygen atoms in total. The Labute approximate surface area is 200 Å². The molecule has 1 unspecified atom stereocenters. The molecule has 34 heavy (non-hydrogen) atoms. The minimum Gasteiger partial charge on any atom is -0.497 e. The number of carbonyl (C=O) groups is 2. The molecule has 2 aliphatic rings. The van der Waals surface area contributed by atoms with Gasteiger partial charge in [-0.2, -0.15) is 0 Å². The van der Waals surface area contributed by atoms with Gasteiger partial charge in [-0.3, -0.25) is 14.5 Å². The van der Waals surface area contributed by atoms with E-state index in [4.69, 9.17) is 18.9 Å². The van der Waals surface area contributed by atoms with Crippen molar-refractivity contribution in [3.63, 3.8) is 0 Å². The van der Waals surface area contributed by atoms with Gasteiger partial charge in [0.25, 0.3) is 0 Å². The number of hydrogen-bond donors (Lipinski definition) is 0. The number of nitrogens with zero attached hydrogens (tertiary/aromatic N) is 1. The second-order valence-electron chi connectivity index (χ2n) is 9.47. The summed E-state index contributed by atoms with van der Waals surface area (Å²) in [4.78, 5) is 28.9. The summed E-state index contributed by atoms with van der Waals surface area (Å²) < 4.78 is 21.8. The zero-order chi connectivity index (χ0) is 24.6. The van der Waals surface area contributed by atoms with Crippen LogP contribution < -0.4 is 23.8 Å². The predicted molar refractivity (Wildman–Crippen MR) is 129 cm³/mol. The molecule has 1 aliphatic heterocycles. The molecule has 0 saturated carbocycles. The van der Waals surface area contributed by atoms with Crippen LogP contribution in [0.1, 0.15) is 44.6 Å². The fraction of sp³-hybridized carbons (Fsp3) is 0.407. The first-order valence-corrected chi connectivity index (χ1v) is 11.3. The molecule has 1 aliphatic carbocycles. The second kappa shape index (κ2) is 9.05. The largest absolute Gasteiger partial charge is 0.497 e. The lowest BCUT2D eigenvalue weighted by atomic mass is 9.69. The van der Waals surface area contributed by atoms with Crippen LogP contribution in [0.3, 0.4) is 0 Å². The van der Waals surface area contributed by atoms with Crippen molar-refractivity contribution in [1.82, 2.24) is 0 Å². The van der Waals surface area contributed by atoms with Crippen LogP contribution in [-0.2, 0) is 9.59 Å². The number of hydrogen-bond acceptors (Lipinski definition) is 6. The number of allylic oxidation sites excluding steroid dienone is 2. The van der Waals surface area contributed by atoms with Gasteiger partial charge in [0.05, 0.1) is 34.1 Å². The maximum atomic E-state index is 13.7. The summed E-state index contributed by atoms with van der Waals surface area (Å²) >= 11 is 0. The van der Waals surface area contributed by atoms with Crippen molar-refractivity contribution in [2.75, 3.05) is 33.3 Å². The van der Waals surface area contributed by atoms with Gasteiger partial charge in [-0.15, -0.1) is 0 Å². The maximum absolute atomic E-state index is 13.7. The third kappa shape index (κ3) is 4.22. The molecule has 2 aromatic rings. The van der Waals surface area contributed by atoms with Crippen molar-refractivity contribution in [2.45, 2.75) is 39.0 Å². The smallest absolute Gasteiger partial charge is 0.232 e. The predicted octanol–water partition coefficient (Wildman–Crippen LogP) is 4.88. The first-order valence-electron chi connectivity index (χ1n) is 11.3. The molecule has 1 heterocycles. The Morgan fingerprint density at radius 2 is 1.47 bits per heavy atom. The van der Waals surface area contributed by atoms with E-state index in [1.54, 1.807) is 57.6 Å². The number of ether oxygens (including phenoxy) is 4. The summed E-state index contributed by atoms with van der Waals surface area (Å²) in [6.07, 6.45) is 1.16. The fourth-order valence-corrected chi connectivity index (χ4v) is 5.01. The van der Waals surface area contributed by atoms with Gasteiger partial charge in [-0.05, 0) is 17.9 Å². The van der Waals surface area contributed by atoms with Gasteiger partial charge in [0, 0.05) is 59.9 Å². The van der Waals surface area contributed by atoms with E-state index in [2.05, 4.69) is 13.8 Å². The van der Waals surface area contributed by atoms with Crippen molar-refractivity contribution in [3.05, 3.63) is 53.2 Å². The summed E-state index contributed by atoms with van der Waals surface area (Å²) in [5.74, 6) is 1.96. The van der Waals surface area contributed by atoms with Crippen molar-refractivity contribution in [1.29, 1.82) is 0 Å². The van der Waals surface area contributed by atoms with Crippen LogP contribution in [0.2, 0.25) is 0 Å². The van der Waals surface area contributed by atoms with E-state index in [1.807, 2.05) is 12.1 Å². The number of Topliss-reactive ketones (excluding diaryl/α,β-unsaturated/α-hetero) is 1. The molecule has 0 fully saturated rings. The number of methoxy groups -OCH3 is 4. The van der Waals surface area contributed by atoms with Gasteiger partial charge >= 0.3 is 0 Å². The standard InChI is InChI=1S/C27H31NO6/c1-27(2)14-22-26(23(29)15-27)21(20-8-7-17(31-3)12-24(20)34-6)13-25(30)28(22)16-9-18(32-4)11-19(10-16)33-5/h7-12,21H,13-15H2,1-6H3. The molecule has 0 radical (unpaired) electrons. The van der Waals surface area contributed by atoms with E-state index in [-0.39, 0.29) is 23.5 Å². The van der Waals surface area contributed by atoms with Crippen LogP contribution >= 0.6 is 0 Å². The molecular formula is C27H31NO6. The lowest BCUT2D eigenvalue weighted by Gasteiger charge is -2.43. The molecule has 0 bridgehead atoms. The molecule has 180 valence electrons. The number of carbonyl (C=O) groups excluding carboxylic acids is 2. The quantitative estimate of drug-likeness (QED) is 0.605. The lowest BCUT2D eigenvalue weighted by Crippen LogP contribution is -2.43. The van der Waals surface area contributed by atoms with E-state index in [0.717, 1.165) is 11.3 Å². The van der Waals surface area contributed by atoms with Gasteiger partial charge in [0.1, 0.15) is 23.0 Å². The monoisotopic (exact) mass is 465 g/mol. The zero-order valence-electron chi connectivity index (χ0n) is 20.6. The second-order valence-corrected chi connectivity index (χ2v) is 9.47. The molecule has 4 rings (SSSR count). The number of anilines is 1. The molecule has 7 heteroatoms. The maximum Gasteiger partial charge on any atom is 0.232 e. The summed E-state index contributed by atoms with van der Waals surface area (Å²) in [7, 11) is 6.31. The first-order chi connectivity index (χ1) is 16.2. The highest BCUT2D eigenvalue weighted by Gasteiger charge is 2.45. The summed E-state index contributed by atoms with van der Waals surface area (Å²) in [5, 5.41) is 0. The Hall–Kier alpha value is -3.48. The Morgan fingerprint density at radius 1 is 0.824 bits per heavy atom. The van der Waals surface area contributed by atoms with Crippen LogP contribution in [0.25, 0.3) is 0 Å². The highest BCUT2D eigenvalue weighted by atomic mass is 16.5. The minimum atomic E-state index is -0.393. The number of ketones is 1. The van der Waals surface area contributed by atoms with Gasteiger partial charge in [0.2, 0.25) is 5.91 Å². The van der Waals surface area contributed by atoms with Crippen molar-refractivity contribution < 1.29 is 28.5 Å². The van der Waals surface area contributed by atoms with Gasteiger partial charge in [0.15, 0.2) is 5.78 Å². The normalized spacial score (nSPS) is 19.6. The van der Waals surface area contributed by atoms with Crippen LogP contribution in [0.5, 0.6) is 23.0 Å². The lowest BCUT2D eigenvalue weighted by molar-refractivity contribution is -0.121. The number of benzene rings is 2. The third-order valence-corrected chi connectivity index (χ3v) is 6.55. The average Bonchev–Trinajstić information content (AvgIpc) is 2.81. The summed E-state index contributed by atoms with van der Waals surface area (Å²) in [6.45, 7) is 4.11. The summed E-state index contributed by atoms with van der Waals surface area (Å²) in [6, 6.07) is 10.9. The Morgan fingerprint density at radius 3 is 2.06 bits per heavy atom. The summed E-state index contributed by atoms with van der Waals surface area (Å²) in [5.41, 5.74) is 2.56. The molecule has 0 N–H and O–H groups in total. The van der Waals surface area contributed by atoms with E-state index in [0.29, 0.717) is 47.1 Å². The van der Waals surface area contributed by atoms with Crippen molar-refractivity contribution in [2.24, 2.45) is 5.41 Å². The average molecular weight is 466 g/mol. The Kier molecular flexibility index (Phi) is 6.30. The van der Waals surface area contributed by atoms with Gasteiger partial charge in [-0.1, -0.05) is 19.9 Å². The van der Waals surface area contributed by atoms with Gasteiger partial charge < -0.3 is 18.9 Å². The number of rotatable bonds is 6. The molecule has 0 spiro atoms. The van der Waals surface area contributed by atoms with Crippen LogP contribution in [0, 0.1) is 5.41 Å². The van der Waals surface area contributed by atoms with E-state index in [1.165, 1.54) is 0 Å². The van der Waals surface area contributed by atoms with Crippen molar-refractivity contribution >= 4 is 17.4 Å². The first kappa shape index (κ1) is 23.7. The van der Waals surface area contributed by atoms with Crippen LogP contribution in [0.4, 0.5) is 5.69 Å². The highest BCUT2D eigenvalue weighted by Crippen LogP contribution is 2.50.